The smallest absolute Gasteiger partial charge is 0.258 e. The summed E-state index contributed by atoms with van der Waals surface area (Å²) in [6.07, 6.45) is 1.86. The van der Waals surface area contributed by atoms with Gasteiger partial charge in [0, 0.05) is 12.6 Å². The Morgan fingerprint density at radius 3 is 2.53 bits per heavy atom. The van der Waals surface area contributed by atoms with Crippen LogP contribution in [0.1, 0.15) is 25.3 Å². The van der Waals surface area contributed by atoms with E-state index in [0.29, 0.717) is 11.8 Å². The molecule has 0 radical (unpaired) electrons. The Kier molecular flexibility index (Phi) is 4.86. The van der Waals surface area contributed by atoms with Gasteiger partial charge in [-0.25, -0.2) is 0 Å². The lowest BCUT2D eigenvalue weighted by Gasteiger charge is -2.15. The van der Waals surface area contributed by atoms with Gasteiger partial charge >= 0.3 is 0 Å². The molecule has 1 aliphatic rings. The summed E-state index contributed by atoms with van der Waals surface area (Å²) in [4.78, 5) is 11.0. The molecule has 2 rings (SSSR count). The lowest BCUT2D eigenvalue weighted by Crippen LogP contribution is -2.30. The molecule has 1 aromatic rings. The molecule has 0 saturated heterocycles. The first-order valence-corrected chi connectivity index (χ1v) is 7.73. The Morgan fingerprint density at radius 1 is 1.47 bits per heavy atom. The number of amides is 1. The zero-order valence-electron chi connectivity index (χ0n) is 10.6. The van der Waals surface area contributed by atoms with Gasteiger partial charge in [-0.3, -0.25) is 4.79 Å². The quantitative estimate of drug-likeness (QED) is 0.783. The third-order valence-corrected chi connectivity index (χ3v) is 4.10. The van der Waals surface area contributed by atoms with E-state index in [1.807, 2.05) is 12.1 Å². The van der Waals surface area contributed by atoms with Crippen molar-refractivity contribution >= 4 is 37.8 Å². The largest absolute Gasteiger partial charge is 0.479 e. The van der Waals surface area contributed by atoms with Crippen molar-refractivity contribution in [1.82, 2.24) is 5.32 Å². The second-order valence-electron chi connectivity index (χ2n) is 4.71. The van der Waals surface area contributed by atoms with Crippen LogP contribution in [0.4, 0.5) is 0 Å². The minimum atomic E-state index is -0.664. The van der Waals surface area contributed by atoms with Crippen LogP contribution >= 0.6 is 31.9 Å². The average Bonchev–Trinajstić information content (AvgIpc) is 3.14. The second-order valence-corrected chi connectivity index (χ2v) is 6.41. The van der Waals surface area contributed by atoms with Gasteiger partial charge in [-0.05, 0) is 69.3 Å². The first kappa shape index (κ1) is 14.8. The van der Waals surface area contributed by atoms with Gasteiger partial charge < -0.3 is 15.8 Å². The van der Waals surface area contributed by atoms with E-state index in [1.165, 1.54) is 12.8 Å². The fraction of sp³-hybridized carbons (Fsp3) is 0.462. The number of carbonyl (C=O) groups excluding carboxylic acids is 1. The summed E-state index contributed by atoms with van der Waals surface area (Å²) < 4.78 is 7.16. The van der Waals surface area contributed by atoms with Crippen LogP contribution in [0.2, 0.25) is 0 Å². The summed E-state index contributed by atoms with van der Waals surface area (Å²) in [6, 6.07) is 4.65. The standard InChI is InChI=1S/C13H16Br2N2O2/c1-7(13(16)18)19-12-10(14)4-8(5-11(12)15)6-17-9-2-3-9/h4-5,7,9,17H,2-3,6H2,1H3,(H2,16,18). The van der Waals surface area contributed by atoms with Crippen LogP contribution in [-0.2, 0) is 11.3 Å². The summed E-state index contributed by atoms with van der Waals surface area (Å²) in [5.41, 5.74) is 6.35. The number of ether oxygens (including phenoxy) is 1. The molecule has 104 valence electrons. The van der Waals surface area contributed by atoms with Crippen molar-refractivity contribution in [3.8, 4) is 5.75 Å². The Labute approximate surface area is 129 Å². The monoisotopic (exact) mass is 390 g/mol. The normalized spacial score (nSPS) is 16.2. The molecule has 4 nitrogen and oxygen atoms in total. The van der Waals surface area contributed by atoms with E-state index in [0.717, 1.165) is 21.1 Å². The first-order valence-electron chi connectivity index (χ1n) is 6.14. The van der Waals surface area contributed by atoms with Crippen LogP contribution in [0.3, 0.4) is 0 Å². The highest BCUT2D eigenvalue weighted by atomic mass is 79.9. The van der Waals surface area contributed by atoms with Crippen LogP contribution in [0.25, 0.3) is 0 Å². The number of primary amides is 1. The van der Waals surface area contributed by atoms with E-state index in [4.69, 9.17) is 10.5 Å². The van der Waals surface area contributed by atoms with Gasteiger partial charge in [0.1, 0.15) is 5.75 Å². The molecule has 0 aliphatic heterocycles. The number of carbonyl (C=O) groups is 1. The molecule has 1 aliphatic carbocycles. The topological polar surface area (TPSA) is 64.3 Å². The SMILES string of the molecule is CC(Oc1c(Br)cc(CNC2CC2)cc1Br)C(N)=O. The number of nitrogens with two attached hydrogens (primary N) is 1. The summed E-state index contributed by atoms with van der Waals surface area (Å²) in [5.74, 6) is 0.111. The van der Waals surface area contributed by atoms with Gasteiger partial charge in [-0.1, -0.05) is 0 Å². The molecule has 1 aromatic carbocycles. The Morgan fingerprint density at radius 2 is 2.05 bits per heavy atom. The first-order chi connectivity index (χ1) is 8.97. The molecule has 1 saturated carbocycles. The summed E-state index contributed by atoms with van der Waals surface area (Å²) in [5, 5.41) is 3.45. The fourth-order valence-electron chi connectivity index (χ4n) is 1.61. The molecule has 0 bridgehead atoms. The third-order valence-electron chi connectivity index (χ3n) is 2.93. The van der Waals surface area contributed by atoms with E-state index in [-0.39, 0.29) is 0 Å². The van der Waals surface area contributed by atoms with Gasteiger partial charge in [0.05, 0.1) is 8.95 Å². The van der Waals surface area contributed by atoms with Gasteiger partial charge in [-0.2, -0.15) is 0 Å². The molecule has 0 aromatic heterocycles. The van der Waals surface area contributed by atoms with Crippen LogP contribution in [0.5, 0.6) is 5.75 Å². The van der Waals surface area contributed by atoms with Crippen LogP contribution in [0.15, 0.2) is 21.1 Å². The molecule has 1 unspecified atom stereocenters. The van der Waals surface area contributed by atoms with Crippen molar-refractivity contribution in [2.75, 3.05) is 0 Å². The Hall–Kier alpha value is -0.590. The van der Waals surface area contributed by atoms with Crippen molar-refractivity contribution in [3.63, 3.8) is 0 Å². The maximum atomic E-state index is 11.0. The molecule has 0 spiro atoms. The van der Waals surface area contributed by atoms with Crippen molar-refractivity contribution < 1.29 is 9.53 Å². The predicted octanol–water partition coefficient (Wildman–Crippen LogP) is 2.72. The molecule has 19 heavy (non-hydrogen) atoms. The molecule has 3 N–H and O–H groups in total. The molecular weight excluding hydrogens is 376 g/mol. The van der Waals surface area contributed by atoms with Crippen LogP contribution < -0.4 is 15.8 Å². The number of halogens is 2. The van der Waals surface area contributed by atoms with Gasteiger partial charge in [0.2, 0.25) is 0 Å². The van der Waals surface area contributed by atoms with Crippen molar-refractivity contribution in [2.45, 2.75) is 38.5 Å². The molecular formula is C13H16Br2N2O2. The number of hydrogen-bond donors (Lipinski definition) is 2. The molecule has 1 fully saturated rings. The Bertz CT molecular complexity index is 467. The lowest BCUT2D eigenvalue weighted by atomic mass is 10.2. The van der Waals surface area contributed by atoms with E-state index in [9.17, 15) is 4.79 Å². The van der Waals surface area contributed by atoms with Crippen molar-refractivity contribution in [1.29, 1.82) is 0 Å². The predicted molar refractivity (Wildman–Crippen MR) is 81.0 cm³/mol. The Balaban J connectivity index is 2.09. The summed E-state index contributed by atoms with van der Waals surface area (Å²) in [6.45, 7) is 2.46. The van der Waals surface area contributed by atoms with E-state index < -0.39 is 12.0 Å². The zero-order chi connectivity index (χ0) is 14.0. The number of benzene rings is 1. The summed E-state index contributed by atoms with van der Waals surface area (Å²) in [7, 11) is 0. The van der Waals surface area contributed by atoms with E-state index in [2.05, 4.69) is 37.2 Å². The lowest BCUT2D eigenvalue weighted by molar-refractivity contribution is -0.124. The van der Waals surface area contributed by atoms with Gasteiger partial charge in [0.15, 0.2) is 6.10 Å². The van der Waals surface area contributed by atoms with Crippen molar-refractivity contribution in [3.05, 3.63) is 26.6 Å². The summed E-state index contributed by atoms with van der Waals surface area (Å²) >= 11 is 6.93. The van der Waals surface area contributed by atoms with Gasteiger partial charge in [0.25, 0.3) is 5.91 Å². The van der Waals surface area contributed by atoms with E-state index in [1.54, 1.807) is 6.92 Å². The second kappa shape index (κ2) is 6.24. The number of hydrogen-bond acceptors (Lipinski definition) is 3. The molecule has 0 heterocycles. The zero-order valence-corrected chi connectivity index (χ0v) is 13.8. The van der Waals surface area contributed by atoms with Gasteiger partial charge in [-0.15, -0.1) is 0 Å². The third kappa shape index (κ3) is 4.19. The van der Waals surface area contributed by atoms with E-state index >= 15 is 0 Å². The highest BCUT2D eigenvalue weighted by molar-refractivity contribution is 9.11. The minimum Gasteiger partial charge on any atom is -0.479 e. The molecule has 1 amide bonds. The highest BCUT2D eigenvalue weighted by Gasteiger charge is 2.21. The fourth-order valence-corrected chi connectivity index (χ4v) is 3.08. The highest BCUT2D eigenvalue weighted by Crippen LogP contribution is 2.35. The van der Waals surface area contributed by atoms with Crippen molar-refractivity contribution in [2.24, 2.45) is 5.73 Å². The maximum Gasteiger partial charge on any atom is 0.258 e. The maximum absolute atomic E-state index is 11.0. The minimum absolute atomic E-state index is 0.488. The van der Waals surface area contributed by atoms with Crippen LogP contribution in [0, 0.1) is 0 Å². The average molecular weight is 392 g/mol. The van der Waals surface area contributed by atoms with Crippen LogP contribution in [-0.4, -0.2) is 18.1 Å². The molecule has 6 heteroatoms. The number of rotatable bonds is 6. The number of nitrogens with one attached hydrogen (secondary N) is 1. The molecule has 1 atom stereocenters.